The molecule has 2 heterocycles. The first-order valence-electron chi connectivity index (χ1n) is 9.12. The number of carbonyl (C=O) groups excluding carboxylic acids is 1. The van der Waals surface area contributed by atoms with Crippen molar-refractivity contribution in [2.45, 2.75) is 12.5 Å². The molecule has 1 aromatic carbocycles. The zero-order valence-corrected chi connectivity index (χ0v) is 16.4. The van der Waals surface area contributed by atoms with Crippen LogP contribution in [-0.2, 0) is 27.8 Å². The van der Waals surface area contributed by atoms with Crippen molar-refractivity contribution < 1.29 is 19.4 Å². The van der Waals surface area contributed by atoms with Crippen LogP contribution in [0.2, 0.25) is 5.15 Å². The van der Waals surface area contributed by atoms with Gasteiger partial charge in [0.25, 0.3) is 0 Å². The smallest absolute Gasteiger partial charge is 0.331 e. The molecule has 2 atom stereocenters. The van der Waals surface area contributed by atoms with Crippen molar-refractivity contribution in [3.05, 3.63) is 52.7 Å². The Kier molecular flexibility index (Phi) is 4.77. The molecule has 0 unspecified atom stereocenters. The Labute approximate surface area is 167 Å². The number of aryl methyl sites for hydroxylation is 1. The van der Waals surface area contributed by atoms with Crippen LogP contribution in [0.1, 0.15) is 11.1 Å². The Bertz CT molecular complexity index is 1040. The fraction of sp³-hybridized carbons (Fsp3) is 0.333. The number of likely N-dealkylation sites (N-methyl/N-ethyl adjacent to an activating group) is 1. The molecule has 1 aromatic heterocycles. The summed E-state index contributed by atoms with van der Waals surface area (Å²) in [6.45, 7) is 0.960. The summed E-state index contributed by atoms with van der Waals surface area (Å²) in [6.07, 6.45) is 4.76. The first-order valence-corrected chi connectivity index (χ1v) is 9.50. The van der Waals surface area contributed by atoms with Gasteiger partial charge in [0.05, 0.1) is 6.61 Å². The van der Waals surface area contributed by atoms with Crippen molar-refractivity contribution in [2.75, 3.05) is 20.2 Å². The summed E-state index contributed by atoms with van der Waals surface area (Å²) in [4.78, 5) is 24.5. The van der Waals surface area contributed by atoms with Gasteiger partial charge in [-0.3, -0.25) is 4.90 Å². The van der Waals surface area contributed by atoms with Gasteiger partial charge in [-0.25, -0.2) is 9.59 Å². The lowest BCUT2D eigenvalue weighted by Gasteiger charge is -2.39. The van der Waals surface area contributed by atoms with Crippen LogP contribution in [0.4, 0.5) is 0 Å². The zero-order chi connectivity index (χ0) is 20.0. The van der Waals surface area contributed by atoms with Gasteiger partial charge in [0.2, 0.25) is 0 Å². The highest BCUT2D eigenvalue weighted by molar-refractivity contribution is 6.32. The van der Waals surface area contributed by atoms with Crippen molar-refractivity contribution >= 4 is 40.0 Å². The molecule has 2 aliphatic rings. The molecule has 1 aliphatic carbocycles. The van der Waals surface area contributed by atoms with E-state index in [0.717, 1.165) is 35.8 Å². The number of halogens is 1. The fourth-order valence-corrected chi connectivity index (χ4v) is 4.60. The summed E-state index contributed by atoms with van der Waals surface area (Å²) < 4.78 is 7.27. The van der Waals surface area contributed by atoms with Crippen molar-refractivity contribution in [1.82, 2.24) is 9.47 Å². The highest BCUT2D eigenvalue weighted by atomic mass is 35.5. The second kappa shape index (κ2) is 7.11. The van der Waals surface area contributed by atoms with E-state index < -0.39 is 11.9 Å². The van der Waals surface area contributed by atoms with Gasteiger partial charge in [-0.15, -0.1) is 0 Å². The van der Waals surface area contributed by atoms with Crippen LogP contribution in [0.25, 0.3) is 16.5 Å². The van der Waals surface area contributed by atoms with Gasteiger partial charge in [0, 0.05) is 48.6 Å². The molecule has 1 aliphatic heterocycles. The lowest BCUT2D eigenvalue weighted by molar-refractivity contribution is -0.139. The minimum absolute atomic E-state index is 0.0365. The molecule has 1 N–H and O–H groups in total. The Morgan fingerprint density at radius 3 is 2.86 bits per heavy atom. The standard InChI is InChI=1S/C21H21ClN2O4/c1-23-10-12(11-28-19(27)7-6-18(25)26)8-14-13-4-3-5-16-20(13)15(9-17(14)23)21(22)24(16)2/h3-8,12,17H,9-11H2,1-2H3,(H,25,26)/b7-6-/t12-,17-/m1/s1. The molecule has 0 amide bonds. The van der Waals surface area contributed by atoms with Crippen molar-refractivity contribution in [3.8, 4) is 0 Å². The van der Waals surface area contributed by atoms with E-state index in [2.05, 4.69) is 30.2 Å². The summed E-state index contributed by atoms with van der Waals surface area (Å²) in [5.41, 5.74) is 4.72. The van der Waals surface area contributed by atoms with Gasteiger partial charge in [-0.05, 0) is 36.2 Å². The largest absolute Gasteiger partial charge is 0.478 e. The molecule has 6 nitrogen and oxygen atoms in total. The van der Waals surface area contributed by atoms with E-state index in [4.69, 9.17) is 21.4 Å². The maximum Gasteiger partial charge on any atom is 0.331 e. The van der Waals surface area contributed by atoms with E-state index in [0.29, 0.717) is 0 Å². The third-order valence-electron chi connectivity index (χ3n) is 5.59. The fourth-order valence-electron chi connectivity index (χ4n) is 4.33. The maximum absolute atomic E-state index is 11.7. The van der Waals surface area contributed by atoms with Crippen LogP contribution in [-0.4, -0.2) is 52.8 Å². The Morgan fingerprint density at radius 1 is 1.32 bits per heavy atom. The molecule has 4 rings (SSSR count). The number of ether oxygens (including phenoxy) is 1. The number of nitrogens with zero attached hydrogens (tertiary/aromatic N) is 2. The van der Waals surface area contributed by atoms with Crippen LogP contribution in [0.5, 0.6) is 0 Å². The molecular formula is C21H21ClN2O4. The van der Waals surface area contributed by atoms with Crippen LogP contribution in [0.15, 0.2) is 36.4 Å². The molecule has 0 saturated carbocycles. The van der Waals surface area contributed by atoms with Gasteiger partial charge >= 0.3 is 11.9 Å². The van der Waals surface area contributed by atoms with Crippen LogP contribution < -0.4 is 0 Å². The average molecular weight is 401 g/mol. The summed E-state index contributed by atoms with van der Waals surface area (Å²) in [5, 5.41) is 10.6. The number of fused-ring (bicyclic) bond motifs is 2. The SMILES string of the molecule is CN1C[C@H](COC(=O)/C=C\C(=O)O)C=C2c3cccc4c3c(c(Cl)n4C)C[C@H]21. The lowest BCUT2D eigenvalue weighted by Crippen LogP contribution is -2.43. The van der Waals surface area contributed by atoms with Crippen LogP contribution in [0, 0.1) is 5.92 Å². The lowest BCUT2D eigenvalue weighted by atomic mass is 9.80. The van der Waals surface area contributed by atoms with Gasteiger partial charge in [-0.1, -0.05) is 29.8 Å². The zero-order valence-electron chi connectivity index (χ0n) is 15.7. The second-order valence-corrected chi connectivity index (χ2v) is 7.73. The Hall–Kier alpha value is -2.57. The quantitative estimate of drug-likeness (QED) is 0.631. The third-order valence-corrected chi connectivity index (χ3v) is 6.07. The first kappa shape index (κ1) is 18.8. The molecular weight excluding hydrogens is 380 g/mol. The van der Waals surface area contributed by atoms with E-state index >= 15 is 0 Å². The molecule has 0 radical (unpaired) electrons. The van der Waals surface area contributed by atoms with Gasteiger partial charge in [-0.2, -0.15) is 0 Å². The highest BCUT2D eigenvalue weighted by Gasteiger charge is 2.35. The normalized spacial score (nSPS) is 21.6. The number of carbonyl (C=O) groups is 2. The number of aromatic nitrogens is 1. The van der Waals surface area contributed by atoms with E-state index in [9.17, 15) is 9.59 Å². The predicted molar refractivity (Wildman–Crippen MR) is 107 cm³/mol. The van der Waals surface area contributed by atoms with Crippen LogP contribution >= 0.6 is 11.6 Å². The number of hydrogen-bond acceptors (Lipinski definition) is 4. The number of carboxylic acids is 1. The third kappa shape index (κ3) is 3.12. The Balaban J connectivity index is 1.65. The number of aliphatic carboxylic acids is 1. The van der Waals surface area contributed by atoms with Gasteiger partial charge < -0.3 is 14.4 Å². The molecule has 28 heavy (non-hydrogen) atoms. The van der Waals surface area contributed by atoms with Gasteiger partial charge in [0.15, 0.2) is 0 Å². The molecule has 0 bridgehead atoms. The number of esters is 1. The van der Waals surface area contributed by atoms with Gasteiger partial charge in [0.1, 0.15) is 5.15 Å². The highest BCUT2D eigenvalue weighted by Crippen LogP contribution is 2.44. The van der Waals surface area contributed by atoms with E-state index in [1.807, 2.05) is 17.7 Å². The van der Waals surface area contributed by atoms with E-state index in [1.54, 1.807) is 0 Å². The molecule has 0 fully saturated rings. The molecule has 146 valence electrons. The monoisotopic (exact) mass is 400 g/mol. The van der Waals surface area contributed by atoms with E-state index in [-0.39, 0.29) is 18.6 Å². The van der Waals surface area contributed by atoms with Crippen LogP contribution in [0.3, 0.4) is 0 Å². The van der Waals surface area contributed by atoms with Crippen molar-refractivity contribution in [1.29, 1.82) is 0 Å². The minimum Gasteiger partial charge on any atom is -0.478 e. The van der Waals surface area contributed by atoms with Crippen molar-refractivity contribution in [2.24, 2.45) is 13.0 Å². The molecule has 0 saturated heterocycles. The number of benzene rings is 1. The average Bonchev–Trinajstić information content (AvgIpc) is 2.92. The number of carboxylic acid groups (broad SMARTS) is 1. The minimum atomic E-state index is -1.17. The second-order valence-electron chi connectivity index (χ2n) is 7.37. The number of rotatable bonds is 4. The maximum atomic E-state index is 11.7. The first-order chi connectivity index (χ1) is 13.4. The molecule has 0 spiro atoms. The van der Waals surface area contributed by atoms with E-state index in [1.165, 1.54) is 22.1 Å². The number of hydrogen-bond donors (Lipinski definition) is 1. The molecule has 7 heteroatoms. The summed E-state index contributed by atoms with van der Waals surface area (Å²) in [6, 6.07) is 6.48. The molecule has 2 aromatic rings. The summed E-state index contributed by atoms with van der Waals surface area (Å²) in [5.74, 6) is -1.78. The van der Waals surface area contributed by atoms with Crippen molar-refractivity contribution in [3.63, 3.8) is 0 Å². The summed E-state index contributed by atoms with van der Waals surface area (Å²) >= 11 is 6.61. The topological polar surface area (TPSA) is 71.8 Å². The predicted octanol–water partition coefficient (Wildman–Crippen LogP) is 2.89. The Morgan fingerprint density at radius 2 is 2.11 bits per heavy atom. The summed E-state index contributed by atoms with van der Waals surface area (Å²) in [7, 11) is 4.05.